The van der Waals surface area contributed by atoms with Crippen LogP contribution in [0.4, 0.5) is 13.2 Å². The van der Waals surface area contributed by atoms with E-state index in [1.165, 1.54) is 12.1 Å². The predicted molar refractivity (Wildman–Crippen MR) is 69.1 cm³/mol. The zero-order valence-electron chi connectivity index (χ0n) is 11.0. The third-order valence-corrected chi connectivity index (χ3v) is 3.60. The molecule has 6 heteroatoms. The van der Waals surface area contributed by atoms with Crippen LogP contribution in [0.1, 0.15) is 16.8 Å². The molecule has 0 spiro atoms. The van der Waals surface area contributed by atoms with Crippen molar-refractivity contribution in [3.63, 3.8) is 0 Å². The lowest BCUT2D eigenvalue weighted by Crippen LogP contribution is -2.24. The van der Waals surface area contributed by atoms with Gasteiger partial charge in [0.25, 0.3) is 0 Å². The fourth-order valence-electron chi connectivity index (χ4n) is 2.57. The molecule has 0 saturated heterocycles. The minimum absolute atomic E-state index is 0.635. The SMILES string of the molecule is Cn1nc(-c2ccc(C(F)(F)F)cc2)c2c1CCNC2. The van der Waals surface area contributed by atoms with Crippen molar-refractivity contribution >= 4 is 0 Å². The number of aryl methyl sites for hydroxylation is 1. The number of nitrogens with one attached hydrogen (secondary N) is 1. The molecule has 1 aromatic carbocycles. The highest BCUT2D eigenvalue weighted by molar-refractivity contribution is 5.65. The molecule has 106 valence electrons. The Morgan fingerprint density at radius 2 is 1.90 bits per heavy atom. The van der Waals surface area contributed by atoms with Crippen molar-refractivity contribution in [1.29, 1.82) is 0 Å². The Morgan fingerprint density at radius 1 is 1.20 bits per heavy atom. The molecule has 20 heavy (non-hydrogen) atoms. The second-order valence-corrected chi connectivity index (χ2v) is 4.90. The summed E-state index contributed by atoms with van der Waals surface area (Å²) in [6.45, 7) is 1.61. The fourth-order valence-corrected chi connectivity index (χ4v) is 2.57. The van der Waals surface area contributed by atoms with Gasteiger partial charge in [0, 0.05) is 43.4 Å². The molecule has 1 aromatic heterocycles. The number of alkyl halides is 3. The molecule has 2 heterocycles. The second-order valence-electron chi connectivity index (χ2n) is 4.90. The lowest BCUT2D eigenvalue weighted by Gasteiger charge is -2.14. The maximum atomic E-state index is 12.6. The first kappa shape index (κ1) is 13.2. The summed E-state index contributed by atoms with van der Waals surface area (Å²) in [7, 11) is 1.87. The molecule has 0 bridgehead atoms. The fraction of sp³-hybridized carbons (Fsp3) is 0.357. The van der Waals surface area contributed by atoms with Gasteiger partial charge in [0.1, 0.15) is 0 Å². The van der Waals surface area contributed by atoms with E-state index in [-0.39, 0.29) is 0 Å². The lowest BCUT2D eigenvalue weighted by atomic mass is 10.0. The van der Waals surface area contributed by atoms with Crippen LogP contribution in [-0.2, 0) is 26.2 Å². The summed E-state index contributed by atoms with van der Waals surface area (Å²) in [5, 5.41) is 7.72. The van der Waals surface area contributed by atoms with Gasteiger partial charge < -0.3 is 5.32 Å². The molecule has 1 aliphatic heterocycles. The van der Waals surface area contributed by atoms with E-state index in [1.807, 2.05) is 11.7 Å². The molecule has 3 nitrogen and oxygen atoms in total. The highest BCUT2D eigenvalue weighted by atomic mass is 19.4. The van der Waals surface area contributed by atoms with Crippen LogP contribution < -0.4 is 5.32 Å². The van der Waals surface area contributed by atoms with E-state index in [1.54, 1.807) is 0 Å². The third kappa shape index (κ3) is 2.20. The first-order valence-corrected chi connectivity index (χ1v) is 6.40. The van der Waals surface area contributed by atoms with Crippen molar-refractivity contribution in [2.75, 3.05) is 6.54 Å². The number of hydrogen-bond acceptors (Lipinski definition) is 2. The Balaban J connectivity index is 2.01. The van der Waals surface area contributed by atoms with Crippen molar-refractivity contribution in [3.8, 4) is 11.3 Å². The standard InChI is InChI=1S/C14H14F3N3/c1-20-12-6-7-18-8-11(12)13(19-20)9-2-4-10(5-3-9)14(15,16)17/h2-5,18H,6-8H2,1H3. The van der Waals surface area contributed by atoms with E-state index in [4.69, 9.17) is 0 Å². The van der Waals surface area contributed by atoms with Gasteiger partial charge in [-0.05, 0) is 12.1 Å². The summed E-state index contributed by atoms with van der Waals surface area (Å²) in [5.41, 5.74) is 3.09. The number of hydrogen-bond donors (Lipinski definition) is 1. The van der Waals surface area contributed by atoms with Gasteiger partial charge in [-0.2, -0.15) is 18.3 Å². The molecule has 0 saturated carbocycles. The predicted octanol–water partition coefficient (Wildman–Crippen LogP) is 2.75. The summed E-state index contributed by atoms with van der Waals surface area (Å²) < 4.78 is 39.5. The van der Waals surface area contributed by atoms with Crippen molar-refractivity contribution in [1.82, 2.24) is 15.1 Å². The first-order valence-electron chi connectivity index (χ1n) is 6.40. The maximum absolute atomic E-state index is 12.6. The summed E-state index contributed by atoms with van der Waals surface area (Å²) in [6, 6.07) is 5.18. The van der Waals surface area contributed by atoms with Crippen molar-refractivity contribution in [2.45, 2.75) is 19.1 Å². The van der Waals surface area contributed by atoms with Crippen LogP contribution in [0.25, 0.3) is 11.3 Å². The highest BCUT2D eigenvalue weighted by Gasteiger charge is 2.30. The Bertz CT molecular complexity index is 626. The van der Waals surface area contributed by atoms with E-state index in [9.17, 15) is 13.2 Å². The number of aromatic nitrogens is 2. The van der Waals surface area contributed by atoms with E-state index in [0.717, 1.165) is 47.6 Å². The Kier molecular flexibility index (Phi) is 3.05. The molecule has 3 rings (SSSR count). The molecule has 1 aliphatic rings. The third-order valence-electron chi connectivity index (χ3n) is 3.60. The number of rotatable bonds is 1. The number of benzene rings is 1. The quantitative estimate of drug-likeness (QED) is 0.871. The summed E-state index contributed by atoms with van der Waals surface area (Å²) in [4.78, 5) is 0. The van der Waals surface area contributed by atoms with Crippen LogP contribution in [0.15, 0.2) is 24.3 Å². The molecule has 0 radical (unpaired) electrons. The average molecular weight is 281 g/mol. The van der Waals surface area contributed by atoms with E-state index < -0.39 is 11.7 Å². The van der Waals surface area contributed by atoms with Gasteiger partial charge >= 0.3 is 6.18 Å². The van der Waals surface area contributed by atoms with Crippen LogP contribution in [0.2, 0.25) is 0 Å². The van der Waals surface area contributed by atoms with E-state index >= 15 is 0 Å². The minimum atomic E-state index is -4.30. The van der Waals surface area contributed by atoms with Gasteiger partial charge in [0.05, 0.1) is 11.3 Å². The monoisotopic (exact) mass is 281 g/mol. The molecule has 2 aromatic rings. The topological polar surface area (TPSA) is 29.9 Å². The van der Waals surface area contributed by atoms with Gasteiger partial charge in [-0.25, -0.2) is 0 Å². The average Bonchev–Trinajstić information content (AvgIpc) is 2.76. The molecule has 0 aliphatic carbocycles. The molecule has 0 amide bonds. The Morgan fingerprint density at radius 3 is 2.55 bits per heavy atom. The van der Waals surface area contributed by atoms with E-state index in [0.29, 0.717) is 6.54 Å². The van der Waals surface area contributed by atoms with Gasteiger partial charge in [-0.1, -0.05) is 12.1 Å². The second kappa shape index (κ2) is 4.63. The molecule has 1 N–H and O–H groups in total. The first-order chi connectivity index (χ1) is 9.47. The molecule has 0 atom stereocenters. The number of nitrogens with zero attached hydrogens (tertiary/aromatic N) is 2. The normalized spacial score (nSPS) is 15.2. The molecule has 0 unspecified atom stereocenters. The van der Waals surface area contributed by atoms with Crippen LogP contribution in [0.5, 0.6) is 0 Å². The smallest absolute Gasteiger partial charge is 0.312 e. The van der Waals surface area contributed by atoms with Crippen molar-refractivity contribution < 1.29 is 13.2 Å². The molecular formula is C14H14F3N3. The molecular weight excluding hydrogens is 267 g/mol. The Labute approximate surface area is 114 Å². The van der Waals surface area contributed by atoms with Gasteiger partial charge in [0.2, 0.25) is 0 Å². The zero-order chi connectivity index (χ0) is 14.3. The largest absolute Gasteiger partial charge is 0.416 e. The van der Waals surface area contributed by atoms with Crippen LogP contribution in [-0.4, -0.2) is 16.3 Å². The van der Waals surface area contributed by atoms with Crippen molar-refractivity contribution in [3.05, 3.63) is 41.1 Å². The molecule has 0 fully saturated rings. The van der Waals surface area contributed by atoms with Gasteiger partial charge in [0.15, 0.2) is 0 Å². The van der Waals surface area contributed by atoms with Gasteiger partial charge in [-0.3, -0.25) is 4.68 Å². The van der Waals surface area contributed by atoms with Crippen LogP contribution in [0.3, 0.4) is 0 Å². The van der Waals surface area contributed by atoms with Crippen LogP contribution in [0, 0.1) is 0 Å². The summed E-state index contributed by atoms with van der Waals surface area (Å²) in [5.74, 6) is 0. The number of halogens is 3. The van der Waals surface area contributed by atoms with Crippen molar-refractivity contribution in [2.24, 2.45) is 7.05 Å². The lowest BCUT2D eigenvalue weighted by molar-refractivity contribution is -0.137. The highest BCUT2D eigenvalue weighted by Crippen LogP contribution is 2.32. The maximum Gasteiger partial charge on any atom is 0.416 e. The summed E-state index contributed by atoms with van der Waals surface area (Å²) >= 11 is 0. The Hall–Kier alpha value is -1.82. The van der Waals surface area contributed by atoms with Gasteiger partial charge in [-0.15, -0.1) is 0 Å². The minimum Gasteiger partial charge on any atom is -0.312 e. The number of fused-ring (bicyclic) bond motifs is 1. The zero-order valence-corrected chi connectivity index (χ0v) is 11.0. The summed E-state index contributed by atoms with van der Waals surface area (Å²) in [6.07, 6.45) is -3.41. The van der Waals surface area contributed by atoms with E-state index in [2.05, 4.69) is 10.4 Å². The van der Waals surface area contributed by atoms with Crippen LogP contribution >= 0.6 is 0 Å².